The zero-order valence-corrected chi connectivity index (χ0v) is 21.2. The van der Waals surface area contributed by atoms with E-state index in [0.29, 0.717) is 17.4 Å². The monoisotopic (exact) mass is 571 g/mol. The standard InChI is InChI=1S/C23H22F5N7O3S/c1-33(2)18(36)11-34-10-16(31-21(37)15-9-30-35-7-3-6-29-20(15)35)19(32-34)14-8-13(39-12-23(26,27)28)4-5-17(14)38-22(24)25/h3-10,21-22,31,37H,11-12H2,1-2H3. The van der Waals surface area contributed by atoms with Gasteiger partial charge in [-0.1, -0.05) is 0 Å². The predicted octanol–water partition coefficient (Wildman–Crippen LogP) is 4.04. The summed E-state index contributed by atoms with van der Waals surface area (Å²) in [7, 11) is 3.06. The first kappa shape index (κ1) is 28.1. The van der Waals surface area contributed by atoms with Gasteiger partial charge in [-0.3, -0.25) is 9.48 Å². The van der Waals surface area contributed by atoms with Crippen molar-refractivity contribution in [1.82, 2.24) is 29.3 Å². The Labute approximate surface area is 222 Å². The summed E-state index contributed by atoms with van der Waals surface area (Å²) in [5.74, 6) is -1.92. The number of nitrogens with zero attached hydrogens (tertiary/aromatic N) is 6. The van der Waals surface area contributed by atoms with Gasteiger partial charge in [0.2, 0.25) is 5.91 Å². The molecular weight excluding hydrogens is 549 g/mol. The van der Waals surface area contributed by atoms with Crippen molar-refractivity contribution < 1.29 is 36.6 Å². The molecule has 4 rings (SSSR count). The highest BCUT2D eigenvalue weighted by Crippen LogP contribution is 2.39. The Morgan fingerprint density at radius 1 is 1.28 bits per heavy atom. The van der Waals surface area contributed by atoms with Crippen LogP contribution in [0.15, 0.2) is 53.9 Å². The fraction of sp³-hybridized carbons (Fsp3) is 0.304. The van der Waals surface area contributed by atoms with Gasteiger partial charge in [0.05, 0.1) is 23.2 Å². The number of hydrogen-bond donors (Lipinski definition) is 2. The van der Waals surface area contributed by atoms with E-state index in [4.69, 9.17) is 0 Å². The van der Waals surface area contributed by atoms with E-state index in [-0.39, 0.29) is 45.6 Å². The van der Waals surface area contributed by atoms with Gasteiger partial charge in [-0.05, 0) is 24.3 Å². The number of anilines is 1. The third kappa shape index (κ3) is 6.94. The largest absolute Gasteiger partial charge is 0.434 e. The summed E-state index contributed by atoms with van der Waals surface area (Å²) in [6.07, 6.45) is -0.0222. The number of aliphatic hydroxyl groups excluding tert-OH is 1. The Balaban J connectivity index is 1.77. The molecule has 1 atom stereocenters. The van der Waals surface area contributed by atoms with E-state index >= 15 is 0 Å². The van der Waals surface area contributed by atoms with Gasteiger partial charge >= 0.3 is 12.8 Å². The van der Waals surface area contributed by atoms with Gasteiger partial charge in [-0.2, -0.15) is 32.1 Å². The average Bonchev–Trinajstić information content (AvgIpc) is 3.46. The van der Waals surface area contributed by atoms with Crippen LogP contribution < -0.4 is 10.1 Å². The highest BCUT2D eigenvalue weighted by molar-refractivity contribution is 7.99. The van der Waals surface area contributed by atoms with Crippen LogP contribution in [0.25, 0.3) is 16.9 Å². The molecule has 0 fully saturated rings. The van der Waals surface area contributed by atoms with Gasteiger partial charge in [0.1, 0.15) is 18.0 Å². The van der Waals surface area contributed by atoms with Crippen LogP contribution in [0.5, 0.6) is 5.75 Å². The van der Waals surface area contributed by atoms with Gasteiger partial charge in [-0.15, -0.1) is 11.8 Å². The van der Waals surface area contributed by atoms with Crippen LogP contribution in [-0.4, -0.2) is 72.9 Å². The maximum atomic E-state index is 13.2. The van der Waals surface area contributed by atoms with Gasteiger partial charge in [0.15, 0.2) is 11.9 Å². The summed E-state index contributed by atoms with van der Waals surface area (Å²) in [5.41, 5.74) is 0.571. The number of carbonyl (C=O) groups is 1. The second kappa shape index (κ2) is 11.4. The second-order valence-electron chi connectivity index (χ2n) is 8.35. The van der Waals surface area contributed by atoms with E-state index < -0.39 is 24.8 Å². The maximum Gasteiger partial charge on any atom is 0.398 e. The third-order valence-corrected chi connectivity index (χ3v) is 6.33. The Morgan fingerprint density at radius 2 is 2.05 bits per heavy atom. The van der Waals surface area contributed by atoms with Crippen LogP contribution in [-0.2, 0) is 11.3 Å². The van der Waals surface area contributed by atoms with Crippen LogP contribution in [0.1, 0.15) is 11.8 Å². The zero-order chi connectivity index (χ0) is 28.3. The van der Waals surface area contributed by atoms with Gasteiger partial charge in [-0.25, -0.2) is 9.50 Å². The minimum absolute atomic E-state index is 0.0462. The summed E-state index contributed by atoms with van der Waals surface area (Å²) < 4.78 is 72.1. The number of rotatable bonds is 10. The van der Waals surface area contributed by atoms with Crippen molar-refractivity contribution in [2.75, 3.05) is 25.2 Å². The Bertz CT molecular complexity index is 1460. The van der Waals surface area contributed by atoms with Crippen LogP contribution in [0.4, 0.5) is 27.6 Å². The Morgan fingerprint density at radius 3 is 2.74 bits per heavy atom. The summed E-state index contributed by atoms with van der Waals surface area (Å²) in [6, 6.07) is 5.20. The molecule has 0 bridgehead atoms. The molecule has 16 heteroatoms. The molecule has 0 saturated heterocycles. The fourth-order valence-electron chi connectivity index (χ4n) is 3.50. The first-order valence-corrected chi connectivity index (χ1v) is 12.2. The molecule has 3 aromatic heterocycles. The number of nitrogens with one attached hydrogen (secondary N) is 1. The lowest BCUT2D eigenvalue weighted by molar-refractivity contribution is -0.129. The van der Waals surface area contributed by atoms with Crippen molar-refractivity contribution in [3.05, 3.63) is 54.6 Å². The van der Waals surface area contributed by atoms with Crippen molar-refractivity contribution in [2.45, 2.75) is 30.5 Å². The number of ether oxygens (including phenoxy) is 1. The molecule has 0 saturated carbocycles. The summed E-state index contributed by atoms with van der Waals surface area (Å²) in [6.45, 7) is -3.48. The third-order valence-electron chi connectivity index (χ3n) is 5.28. The van der Waals surface area contributed by atoms with Crippen LogP contribution in [0, 0.1) is 0 Å². The first-order chi connectivity index (χ1) is 18.4. The number of carbonyl (C=O) groups excluding carboxylic acids is 1. The molecule has 0 spiro atoms. The first-order valence-electron chi connectivity index (χ1n) is 11.2. The fourth-order valence-corrected chi connectivity index (χ4v) is 4.19. The Kier molecular flexibility index (Phi) is 8.25. The lowest BCUT2D eigenvalue weighted by Gasteiger charge is -2.15. The number of likely N-dealkylation sites (N-methyl/N-ethyl adjacent to an activating group) is 1. The molecular formula is C23H22F5N7O3S. The molecule has 0 aliphatic carbocycles. The van der Waals surface area contributed by atoms with Gasteiger partial charge in [0.25, 0.3) is 0 Å². The lowest BCUT2D eigenvalue weighted by atomic mass is 10.1. The molecule has 208 valence electrons. The average molecular weight is 572 g/mol. The molecule has 10 nitrogen and oxygen atoms in total. The summed E-state index contributed by atoms with van der Waals surface area (Å²) in [4.78, 5) is 17.9. The molecule has 0 aliphatic heterocycles. The maximum absolute atomic E-state index is 13.2. The topological polar surface area (TPSA) is 110 Å². The molecule has 1 aromatic carbocycles. The number of amides is 1. The van der Waals surface area contributed by atoms with Gasteiger partial charge in [0, 0.05) is 43.1 Å². The normalized spacial score (nSPS) is 12.6. The zero-order valence-electron chi connectivity index (χ0n) is 20.4. The van der Waals surface area contributed by atoms with E-state index in [1.807, 2.05) is 0 Å². The number of alkyl halides is 5. The number of aromatic nitrogens is 5. The van der Waals surface area contributed by atoms with E-state index in [1.165, 1.54) is 58.9 Å². The summed E-state index contributed by atoms with van der Waals surface area (Å²) in [5, 5.41) is 22.2. The van der Waals surface area contributed by atoms with Crippen LogP contribution >= 0.6 is 11.8 Å². The quantitative estimate of drug-likeness (QED) is 0.167. The predicted molar refractivity (Wildman–Crippen MR) is 131 cm³/mol. The van der Waals surface area contributed by atoms with Crippen molar-refractivity contribution in [1.29, 1.82) is 0 Å². The highest BCUT2D eigenvalue weighted by Gasteiger charge is 2.28. The molecule has 0 aliphatic rings. The molecule has 0 radical (unpaired) electrons. The Hall–Kier alpha value is -3.92. The highest BCUT2D eigenvalue weighted by atomic mass is 32.2. The molecule has 1 amide bonds. The number of thioether (sulfide) groups is 1. The smallest absolute Gasteiger partial charge is 0.398 e. The van der Waals surface area contributed by atoms with E-state index in [9.17, 15) is 31.9 Å². The van der Waals surface area contributed by atoms with Crippen LogP contribution in [0.2, 0.25) is 0 Å². The molecule has 1 unspecified atom stereocenters. The van der Waals surface area contributed by atoms with Crippen molar-refractivity contribution >= 4 is 29.0 Å². The minimum Gasteiger partial charge on any atom is -0.434 e. The van der Waals surface area contributed by atoms with E-state index in [2.05, 4.69) is 25.2 Å². The summed E-state index contributed by atoms with van der Waals surface area (Å²) >= 11 is 0.452. The van der Waals surface area contributed by atoms with Crippen molar-refractivity contribution in [3.63, 3.8) is 0 Å². The number of hydrogen-bond acceptors (Lipinski definition) is 8. The number of benzene rings is 1. The number of fused-ring (bicyclic) bond motifs is 1. The lowest BCUT2D eigenvalue weighted by Crippen LogP contribution is -2.26. The van der Waals surface area contributed by atoms with E-state index in [1.54, 1.807) is 12.3 Å². The van der Waals surface area contributed by atoms with E-state index in [0.717, 1.165) is 6.07 Å². The number of halogens is 5. The van der Waals surface area contributed by atoms with Crippen LogP contribution in [0.3, 0.4) is 0 Å². The number of aliphatic hydroxyl groups is 1. The van der Waals surface area contributed by atoms with Crippen molar-refractivity contribution in [3.8, 4) is 17.0 Å². The minimum atomic E-state index is -4.46. The molecule has 2 N–H and O–H groups in total. The molecule has 3 heterocycles. The molecule has 4 aromatic rings. The van der Waals surface area contributed by atoms with Gasteiger partial charge < -0.3 is 20.1 Å². The second-order valence-corrected chi connectivity index (χ2v) is 9.40. The van der Waals surface area contributed by atoms with Crippen molar-refractivity contribution in [2.24, 2.45) is 0 Å². The SMILES string of the molecule is CN(C)C(=O)Cn1cc(NC(O)c2cnn3cccnc23)c(-c2cc(SCC(F)(F)F)ccc2OC(F)F)n1. The molecule has 39 heavy (non-hydrogen) atoms.